The summed E-state index contributed by atoms with van der Waals surface area (Å²) in [6, 6.07) is 6.49. The molecule has 3 N–H and O–H groups in total. The number of rotatable bonds is 3. The Morgan fingerprint density at radius 3 is 2.50 bits per heavy atom. The summed E-state index contributed by atoms with van der Waals surface area (Å²) in [5.74, 6) is 0.191. The highest BCUT2D eigenvalue weighted by Gasteiger charge is 2.05. The van der Waals surface area contributed by atoms with Crippen molar-refractivity contribution in [1.82, 2.24) is 9.97 Å². The lowest BCUT2D eigenvalue weighted by Crippen LogP contribution is -1.93. The van der Waals surface area contributed by atoms with E-state index in [2.05, 4.69) is 25.9 Å². The van der Waals surface area contributed by atoms with Crippen LogP contribution in [0.2, 0.25) is 0 Å². The van der Waals surface area contributed by atoms with Crippen molar-refractivity contribution in [3.8, 4) is 0 Å². The number of anilines is 1. The number of nitrogens with one attached hydrogen (secondary N) is 1. The zero-order chi connectivity index (χ0) is 11.5. The Bertz CT molecular complexity index is 478. The van der Waals surface area contributed by atoms with Crippen LogP contribution in [0.15, 0.2) is 28.9 Å². The second-order valence-electron chi connectivity index (χ2n) is 3.52. The van der Waals surface area contributed by atoms with Crippen LogP contribution in [0.3, 0.4) is 0 Å². The standard InChI is InChI=1S/C11H11BrFN3/c12-10-9(15-11(14)16-10)6-3-7-1-4-8(13)5-2-7/h1-2,4-5H,3,6H2,(H3,14,15,16). The van der Waals surface area contributed by atoms with Crippen molar-refractivity contribution in [2.45, 2.75) is 12.8 Å². The summed E-state index contributed by atoms with van der Waals surface area (Å²) < 4.78 is 13.4. The lowest BCUT2D eigenvalue weighted by Gasteiger charge is -2.00. The van der Waals surface area contributed by atoms with Gasteiger partial charge in [-0.15, -0.1) is 0 Å². The molecule has 0 aliphatic carbocycles. The average molecular weight is 284 g/mol. The van der Waals surface area contributed by atoms with Crippen molar-refractivity contribution < 1.29 is 4.39 Å². The maximum Gasteiger partial charge on any atom is 0.198 e. The molecule has 0 amide bonds. The number of nitrogens with two attached hydrogens (primary N) is 1. The van der Waals surface area contributed by atoms with Crippen molar-refractivity contribution in [3.05, 3.63) is 45.9 Å². The normalized spacial score (nSPS) is 10.6. The highest BCUT2D eigenvalue weighted by Crippen LogP contribution is 2.17. The van der Waals surface area contributed by atoms with Gasteiger partial charge in [-0.05, 0) is 46.5 Å². The zero-order valence-electron chi connectivity index (χ0n) is 8.50. The second-order valence-corrected chi connectivity index (χ2v) is 4.27. The molecule has 0 unspecified atom stereocenters. The number of hydrogen-bond donors (Lipinski definition) is 2. The Balaban J connectivity index is 2.02. The maximum absolute atomic E-state index is 12.7. The number of aryl methyl sites for hydroxylation is 2. The van der Waals surface area contributed by atoms with Gasteiger partial charge in [0, 0.05) is 0 Å². The van der Waals surface area contributed by atoms with Gasteiger partial charge >= 0.3 is 0 Å². The first-order valence-electron chi connectivity index (χ1n) is 4.89. The van der Waals surface area contributed by atoms with Crippen LogP contribution < -0.4 is 5.73 Å². The molecule has 2 rings (SSSR count). The number of nitrogen functional groups attached to an aromatic ring is 1. The molecular weight excluding hydrogens is 273 g/mol. The van der Waals surface area contributed by atoms with Crippen molar-refractivity contribution in [2.75, 3.05) is 5.73 Å². The first-order chi connectivity index (χ1) is 7.65. The molecule has 0 atom stereocenters. The Morgan fingerprint density at radius 2 is 1.94 bits per heavy atom. The number of nitrogens with zero attached hydrogens (tertiary/aromatic N) is 1. The monoisotopic (exact) mass is 283 g/mol. The molecule has 0 bridgehead atoms. The molecule has 0 radical (unpaired) electrons. The number of imidazole rings is 1. The van der Waals surface area contributed by atoms with Gasteiger partial charge in [0.15, 0.2) is 5.95 Å². The Labute approximate surface area is 101 Å². The molecular formula is C11H11BrFN3. The highest BCUT2D eigenvalue weighted by atomic mass is 79.9. The van der Waals surface area contributed by atoms with E-state index in [1.54, 1.807) is 12.1 Å². The fourth-order valence-electron chi connectivity index (χ4n) is 1.49. The quantitative estimate of drug-likeness (QED) is 0.910. The fraction of sp³-hybridized carbons (Fsp3) is 0.182. The summed E-state index contributed by atoms with van der Waals surface area (Å²) in [6.07, 6.45) is 1.61. The summed E-state index contributed by atoms with van der Waals surface area (Å²) >= 11 is 3.32. The molecule has 1 heterocycles. The van der Waals surface area contributed by atoms with Gasteiger partial charge in [0.1, 0.15) is 10.4 Å². The van der Waals surface area contributed by atoms with Crippen LogP contribution >= 0.6 is 15.9 Å². The molecule has 3 nitrogen and oxygen atoms in total. The van der Waals surface area contributed by atoms with Gasteiger partial charge in [-0.2, -0.15) is 0 Å². The van der Waals surface area contributed by atoms with Crippen molar-refractivity contribution in [3.63, 3.8) is 0 Å². The minimum Gasteiger partial charge on any atom is -0.369 e. The molecule has 0 aliphatic rings. The van der Waals surface area contributed by atoms with Crippen LogP contribution in [0, 0.1) is 5.82 Å². The van der Waals surface area contributed by atoms with E-state index >= 15 is 0 Å². The summed E-state index contributed by atoms with van der Waals surface area (Å²) in [4.78, 5) is 6.99. The molecule has 0 spiro atoms. The van der Waals surface area contributed by atoms with Crippen molar-refractivity contribution in [2.24, 2.45) is 0 Å². The van der Waals surface area contributed by atoms with Crippen LogP contribution in [0.4, 0.5) is 10.3 Å². The molecule has 0 saturated carbocycles. The molecule has 0 aliphatic heterocycles. The third kappa shape index (κ3) is 2.61. The number of hydrogen-bond acceptors (Lipinski definition) is 2. The van der Waals surface area contributed by atoms with E-state index in [0.29, 0.717) is 5.95 Å². The molecule has 1 aromatic carbocycles. The number of H-pyrrole nitrogens is 1. The first-order valence-corrected chi connectivity index (χ1v) is 5.69. The van der Waals surface area contributed by atoms with E-state index < -0.39 is 0 Å². The smallest absolute Gasteiger partial charge is 0.198 e. The third-order valence-corrected chi connectivity index (χ3v) is 2.98. The van der Waals surface area contributed by atoms with Gasteiger partial charge in [-0.3, -0.25) is 0 Å². The van der Waals surface area contributed by atoms with Crippen LogP contribution in [-0.4, -0.2) is 9.97 Å². The van der Waals surface area contributed by atoms with Crippen molar-refractivity contribution >= 4 is 21.9 Å². The van der Waals surface area contributed by atoms with E-state index in [-0.39, 0.29) is 5.82 Å². The molecule has 0 fully saturated rings. The fourth-order valence-corrected chi connectivity index (χ4v) is 1.98. The Hall–Kier alpha value is -1.36. The first kappa shape index (κ1) is 11.1. The van der Waals surface area contributed by atoms with Crippen molar-refractivity contribution in [1.29, 1.82) is 0 Å². The number of benzene rings is 1. The summed E-state index contributed by atoms with van der Waals surface area (Å²) in [7, 11) is 0. The second kappa shape index (κ2) is 4.65. The Morgan fingerprint density at radius 1 is 1.25 bits per heavy atom. The molecule has 0 saturated heterocycles. The Kier molecular flexibility index (Phi) is 3.24. The maximum atomic E-state index is 12.7. The minimum absolute atomic E-state index is 0.212. The SMILES string of the molecule is Nc1nc(Br)c(CCc2ccc(F)cc2)[nH]1. The van der Waals surface area contributed by atoms with Crippen LogP contribution in [0.1, 0.15) is 11.3 Å². The van der Waals surface area contributed by atoms with E-state index in [1.807, 2.05) is 0 Å². The van der Waals surface area contributed by atoms with Crippen LogP contribution in [0.5, 0.6) is 0 Å². The third-order valence-electron chi connectivity index (χ3n) is 2.32. The van der Waals surface area contributed by atoms with Gasteiger partial charge in [0.2, 0.25) is 0 Å². The lowest BCUT2D eigenvalue weighted by molar-refractivity contribution is 0.627. The average Bonchev–Trinajstić information content (AvgIpc) is 2.57. The van der Waals surface area contributed by atoms with E-state index in [4.69, 9.17) is 5.73 Å². The topological polar surface area (TPSA) is 54.7 Å². The molecule has 5 heteroatoms. The van der Waals surface area contributed by atoms with E-state index in [9.17, 15) is 4.39 Å². The van der Waals surface area contributed by atoms with E-state index in [1.165, 1.54) is 12.1 Å². The van der Waals surface area contributed by atoms with E-state index in [0.717, 1.165) is 28.7 Å². The summed E-state index contributed by atoms with van der Waals surface area (Å²) in [6.45, 7) is 0. The van der Waals surface area contributed by atoms with Crippen LogP contribution in [-0.2, 0) is 12.8 Å². The zero-order valence-corrected chi connectivity index (χ0v) is 10.1. The number of aromatic nitrogens is 2. The minimum atomic E-state index is -0.212. The predicted octanol–water partition coefficient (Wildman–Crippen LogP) is 2.68. The van der Waals surface area contributed by atoms with Gasteiger partial charge in [-0.1, -0.05) is 12.1 Å². The molecule has 2 aromatic rings. The summed E-state index contributed by atoms with van der Waals surface area (Å²) in [5, 5.41) is 0. The van der Waals surface area contributed by atoms with Gasteiger partial charge in [0.25, 0.3) is 0 Å². The lowest BCUT2D eigenvalue weighted by atomic mass is 10.1. The largest absolute Gasteiger partial charge is 0.369 e. The predicted molar refractivity (Wildman–Crippen MR) is 64.5 cm³/mol. The number of aromatic amines is 1. The molecule has 16 heavy (non-hydrogen) atoms. The van der Waals surface area contributed by atoms with Gasteiger partial charge in [-0.25, -0.2) is 9.37 Å². The molecule has 1 aromatic heterocycles. The highest BCUT2D eigenvalue weighted by molar-refractivity contribution is 9.10. The number of halogens is 2. The molecule has 84 valence electrons. The van der Waals surface area contributed by atoms with Gasteiger partial charge < -0.3 is 10.7 Å². The van der Waals surface area contributed by atoms with Crippen LogP contribution in [0.25, 0.3) is 0 Å². The van der Waals surface area contributed by atoms with Gasteiger partial charge in [0.05, 0.1) is 5.69 Å². The summed E-state index contributed by atoms with van der Waals surface area (Å²) in [5.41, 5.74) is 7.57.